The van der Waals surface area contributed by atoms with E-state index in [0.29, 0.717) is 31.4 Å². The van der Waals surface area contributed by atoms with Gasteiger partial charge in [0.1, 0.15) is 0 Å². The molecule has 0 aliphatic carbocycles. The lowest BCUT2D eigenvalue weighted by Gasteiger charge is -2.39. The van der Waals surface area contributed by atoms with Crippen molar-refractivity contribution in [1.82, 2.24) is 9.21 Å². The molecule has 0 aromatic heterocycles. The van der Waals surface area contributed by atoms with Crippen LogP contribution in [0.1, 0.15) is 44.9 Å². The van der Waals surface area contributed by atoms with Crippen LogP contribution in [-0.4, -0.2) is 61.5 Å². The van der Waals surface area contributed by atoms with E-state index >= 15 is 0 Å². The Hall–Kier alpha value is 0.160. The highest BCUT2D eigenvalue weighted by Gasteiger charge is 2.30. The Morgan fingerprint density at radius 2 is 1.60 bits per heavy atom. The molecule has 0 bridgehead atoms. The summed E-state index contributed by atoms with van der Waals surface area (Å²) in [4.78, 5) is 2.57. The van der Waals surface area contributed by atoms with Gasteiger partial charge >= 0.3 is 0 Å². The molecule has 2 saturated heterocycles. The van der Waals surface area contributed by atoms with E-state index in [9.17, 15) is 8.42 Å². The van der Waals surface area contributed by atoms with Crippen molar-refractivity contribution in [1.29, 1.82) is 0 Å². The molecule has 2 aliphatic rings. The summed E-state index contributed by atoms with van der Waals surface area (Å²) >= 11 is 5.61. The highest BCUT2D eigenvalue weighted by atomic mass is 35.5. The largest absolute Gasteiger partial charge is 0.300 e. The molecule has 20 heavy (non-hydrogen) atoms. The Morgan fingerprint density at radius 1 is 0.950 bits per heavy atom. The van der Waals surface area contributed by atoms with Crippen molar-refractivity contribution < 1.29 is 8.42 Å². The Labute approximate surface area is 128 Å². The van der Waals surface area contributed by atoms with E-state index < -0.39 is 10.0 Å². The van der Waals surface area contributed by atoms with Gasteiger partial charge < -0.3 is 4.90 Å². The number of unbranched alkanes of at least 4 members (excludes halogenated alkanes) is 1. The first-order chi connectivity index (χ1) is 9.63. The molecule has 118 valence electrons. The molecular weight excluding hydrogens is 296 g/mol. The summed E-state index contributed by atoms with van der Waals surface area (Å²) in [7, 11) is -3.05. The van der Waals surface area contributed by atoms with Crippen LogP contribution in [0.25, 0.3) is 0 Å². The lowest BCUT2D eigenvalue weighted by molar-refractivity contribution is 0.118. The van der Waals surface area contributed by atoms with Gasteiger partial charge in [0.2, 0.25) is 10.0 Å². The van der Waals surface area contributed by atoms with Gasteiger partial charge in [0.05, 0.1) is 5.75 Å². The number of likely N-dealkylation sites (tertiary alicyclic amines) is 1. The van der Waals surface area contributed by atoms with Gasteiger partial charge in [-0.1, -0.05) is 6.42 Å². The van der Waals surface area contributed by atoms with Crippen LogP contribution in [-0.2, 0) is 10.0 Å². The van der Waals surface area contributed by atoms with E-state index in [1.807, 2.05) is 0 Å². The highest BCUT2D eigenvalue weighted by Crippen LogP contribution is 2.22. The van der Waals surface area contributed by atoms with E-state index in [1.165, 1.54) is 32.4 Å². The highest BCUT2D eigenvalue weighted by molar-refractivity contribution is 7.89. The number of rotatable bonds is 6. The third kappa shape index (κ3) is 4.58. The maximum atomic E-state index is 12.2. The molecule has 0 saturated carbocycles. The predicted octanol–water partition coefficient (Wildman–Crippen LogP) is 2.29. The molecule has 0 N–H and O–H groups in total. The third-order valence-corrected chi connectivity index (χ3v) is 6.73. The normalized spacial score (nSPS) is 24.1. The molecule has 2 aliphatic heterocycles. The van der Waals surface area contributed by atoms with Gasteiger partial charge in [0, 0.05) is 25.0 Å². The van der Waals surface area contributed by atoms with E-state index in [1.54, 1.807) is 4.31 Å². The summed E-state index contributed by atoms with van der Waals surface area (Å²) in [5.41, 5.74) is 0. The van der Waals surface area contributed by atoms with Crippen molar-refractivity contribution in [2.75, 3.05) is 37.8 Å². The second-order valence-corrected chi connectivity index (χ2v) is 8.41. The number of alkyl halides is 1. The fraction of sp³-hybridized carbons (Fsp3) is 1.00. The van der Waals surface area contributed by atoms with Crippen LogP contribution in [0.5, 0.6) is 0 Å². The van der Waals surface area contributed by atoms with Crippen molar-refractivity contribution in [2.24, 2.45) is 0 Å². The summed E-state index contributed by atoms with van der Waals surface area (Å²) in [6.45, 7) is 3.80. The summed E-state index contributed by atoms with van der Waals surface area (Å²) in [6, 6.07) is 0.601. The molecule has 0 radical (unpaired) electrons. The second kappa shape index (κ2) is 7.97. The lowest BCUT2D eigenvalue weighted by atomic mass is 10.0. The molecule has 2 rings (SSSR count). The van der Waals surface area contributed by atoms with Crippen molar-refractivity contribution in [2.45, 2.75) is 51.0 Å². The topological polar surface area (TPSA) is 40.6 Å². The Bertz CT molecular complexity index is 375. The summed E-state index contributed by atoms with van der Waals surface area (Å²) in [6.07, 6.45) is 7.41. The van der Waals surface area contributed by atoms with Gasteiger partial charge in [-0.05, 0) is 51.6 Å². The van der Waals surface area contributed by atoms with Gasteiger partial charge in [0.25, 0.3) is 0 Å². The quantitative estimate of drug-likeness (QED) is 0.556. The minimum atomic E-state index is -3.05. The standard InChI is InChI=1S/C14H27ClN2O2S/c15-8-2-5-13-20(18,19)17-11-6-14(7-12-17)16-9-3-1-4-10-16/h14H,1-13H2. The summed E-state index contributed by atoms with van der Waals surface area (Å²) in [5, 5.41) is 0. The molecule has 4 nitrogen and oxygen atoms in total. The van der Waals surface area contributed by atoms with Crippen molar-refractivity contribution in [3.05, 3.63) is 0 Å². The minimum Gasteiger partial charge on any atom is -0.300 e. The van der Waals surface area contributed by atoms with Gasteiger partial charge in [-0.2, -0.15) is 0 Å². The average molecular weight is 323 g/mol. The number of piperidine rings is 2. The molecule has 0 unspecified atom stereocenters. The molecule has 0 aromatic rings. The number of sulfonamides is 1. The number of hydrogen-bond acceptors (Lipinski definition) is 3. The Morgan fingerprint density at radius 3 is 2.20 bits per heavy atom. The first kappa shape index (κ1) is 16.5. The zero-order chi connectivity index (χ0) is 14.4. The van der Waals surface area contributed by atoms with E-state index in [0.717, 1.165) is 19.3 Å². The predicted molar refractivity (Wildman–Crippen MR) is 83.8 cm³/mol. The number of halogens is 1. The smallest absolute Gasteiger partial charge is 0.214 e. The SMILES string of the molecule is O=S(=O)(CCCCCl)N1CCC(N2CCCCC2)CC1. The molecule has 2 fully saturated rings. The lowest BCUT2D eigenvalue weighted by Crippen LogP contribution is -2.48. The zero-order valence-electron chi connectivity index (χ0n) is 12.3. The fourth-order valence-electron chi connectivity index (χ4n) is 3.28. The number of nitrogens with zero attached hydrogens (tertiary/aromatic N) is 2. The van der Waals surface area contributed by atoms with Crippen LogP contribution in [0, 0.1) is 0 Å². The molecule has 0 atom stereocenters. The van der Waals surface area contributed by atoms with Crippen LogP contribution in [0.2, 0.25) is 0 Å². The Balaban J connectivity index is 1.78. The first-order valence-electron chi connectivity index (χ1n) is 7.91. The summed E-state index contributed by atoms with van der Waals surface area (Å²) < 4.78 is 26.1. The third-order valence-electron chi connectivity index (χ3n) is 4.51. The monoisotopic (exact) mass is 322 g/mol. The molecule has 0 aromatic carbocycles. The van der Waals surface area contributed by atoms with Crippen molar-refractivity contribution in [3.8, 4) is 0 Å². The molecule has 0 amide bonds. The van der Waals surface area contributed by atoms with Crippen LogP contribution >= 0.6 is 11.6 Å². The Kier molecular flexibility index (Phi) is 6.59. The van der Waals surface area contributed by atoms with E-state index in [4.69, 9.17) is 11.6 Å². The maximum absolute atomic E-state index is 12.2. The molecule has 2 heterocycles. The van der Waals surface area contributed by atoms with Crippen LogP contribution in [0.3, 0.4) is 0 Å². The second-order valence-electron chi connectivity index (χ2n) is 5.94. The van der Waals surface area contributed by atoms with Crippen molar-refractivity contribution in [3.63, 3.8) is 0 Å². The van der Waals surface area contributed by atoms with E-state index in [-0.39, 0.29) is 5.75 Å². The minimum absolute atomic E-state index is 0.258. The number of hydrogen-bond donors (Lipinski definition) is 0. The first-order valence-corrected chi connectivity index (χ1v) is 10.1. The van der Waals surface area contributed by atoms with E-state index in [2.05, 4.69) is 4.90 Å². The van der Waals surface area contributed by atoms with Gasteiger partial charge in [0.15, 0.2) is 0 Å². The van der Waals surface area contributed by atoms with Crippen LogP contribution < -0.4 is 0 Å². The molecule has 6 heteroatoms. The average Bonchev–Trinajstić information content (AvgIpc) is 2.48. The summed E-state index contributed by atoms with van der Waals surface area (Å²) in [5.74, 6) is 0.806. The van der Waals surface area contributed by atoms with Crippen LogP contribution in [0.15, 0.2) is 0 Å². The molecule has 0 spiro atoms. The fourth-order valence-corrected chi connectivity index (χ4v) is 5.06. The van der Waals surface area contributed by atoms with Gasteiger partial charge in [-0.25, -0.2) is 12.7 Å². The van der Waals surface area contributed by atoms with Gasteiger partial charge in [-0.3, -0.25) is 0 Å². The maximum Gasteiger partial charge on any atom is 0.214 e. The van der Waals surface area contributed by atoms with Crippen LogP contribution in [0.4, 0.5) is 0 Å². The molecular formula is C14H27ClN2O2S. The van der Waals surface area contributed by atoms with Crippen molar-refractivity contribution >= 4 is 21.6 Å². The van der Waals surface area contributed by atoms with Gasteiger partial charge in [-0.15, -0.1) is 11.6 Å². The zero-order valence-corrected chi connectivity index (χ0v) is 13.8.